The lowest BCUT2D eigenvalue weighted by atomic mass is 9.96. The van der Waals surface area contributed by atoms with Crippen molar-refractivity contribution in [2.75, 3.05) is 13.2 Å². The van der Waals surface area contributed by atoms with E-state index in [2.05, 4.69) is 36.4 Å². The summed E-state index contributed by atoms with van der Waals surface area (Å²) in [5, 5.41) is 1.11. The van der Waals surface area contributed by atoms with Crippen LogP contribution >= 0.6 is 0 Å². The number of benzene rings is 3. The summed E-state index contributed by atoms with van der Waals surface area (Å²) in [5.41, 5.74) is 4.28. The first-order valence-electron chi connectivity index (χ1n) is 10.0. The van der Waals surface area contributed by atoms with Crippen molar-refractivity contribution < 1.29 is 18.6 Å². The van der Waals surface area contributed by atoms with Crippen LogP contribution in [0.3, 0.4) is 0 Å². The molecule has 4 aromatic rings. The van der Waals surface area contributed by atoms with Crippen molar-refractivity contribution in [2.45, 2.75) is 18.9 Å². The Morgan fingerprint density at radius 1 is 0.759 bits per heavy atom. The Balaban J connectivity index is 1.32. The molecule has 2 aliphatic rings. The Labute approximate surface area is 168 Å². The first-order valence-corrected chi connectivity index (χ1v) is 10.0. The van der Waals surface area contributed by atoms with E-state index in [-0.39, 0.29) is 6.10 Å². The van der Waals surface area contributed by atoms with Crippen LogP contribution in [0.1, 0.15) is 23.7 Å². The fraction of sp³-hybridized carbons (Fsp3) is 0.200. The normalized spacial score (nSPS) is 17.6. The molecule has 0 amide bonds. The van der Waals surface area contributed by atoms with Gasteiger partial charge >= 0.3 is 0 Å². The molecule has 3 aromatic carbocycles. The van der Waals surface area contributed by atoms with Gasteiger partial charge < -0.3 is 18.6 Å². The van der Waals surface area contributed by atoms with Crippen molar-refractivity contribution in [1.82, 2.24) is 0 Å². The lowest BCUT2D eigenvalue weighted by molar-refractivity contribution is 0.164. The Kier molecular flexibility index (Phi) is 3.76. The highest BCUT2D eigenvalue weighted by Crippen LogP contribution is 2.40. The number of ether oxygens (including phenoxy) is 3. The maximum Gasteiger partial charge on any atom is 0.161 e. The minimum atomic E-state index is 0.00393. The van der Waals surface area contributed by atoms with E-state index in [0.717, 1.165) is 57.9 Å². The van der Waals surface area contributed by atoms with Crippen LogP contribution in [0.25, 0.3) is 22.3 Å². The van der Waals surface area contributed by atoms with Gasteiger partial charge in [-0.3, -0.25) is 0 Å². The van der Waals surface area contributed by atoms with Gasteiger partial charge in [0, 0.05) is 10.9 Å². The topological polar surface area (TPSA) is 40.8 Å². The van der Waals surface area contributed by atoms with Gasteiger partial charge in [-0.2, -0.15) is 0 Å². The molecular weight excluding hydrogens is 364 g/mol. The molecule has 0 N–H and O–H groups in total. The van der Waals surface area contributed by atoms with Crippen molar-refractivity contribution in [3.05, 3.63) is 77.9 Å². The van der Waals surface area contributed by atoms with Crippen LogP contribution in [0.4, 0.5) is 0 Å². The van der Waals surface area contributed by atoms with E-state index >= 15 is 0 Å². The molecule has 144 valence electrons. The highest BCUT2D eigenvalue weighted by Gasteiger charge is 2.24. The van der Waals surface area contributed by atoms with Gasteiger partial charge in [0.15, 0.2) is 11.5 Å². The molecule has 0 aliphatic carbocycles. The van der Waals surface area contributed by atoms with Crippen molar-refractivity contribution in [3.8, 4) is 28.6 Å². The molecule has 0 fully saturated rings. The second-order valence-electron chi connectivity index (χ2n) is 7.52. The third-order valence-electron chi connectivity index (χ3n) is 5.66. The molecule has 0 saturated carbocycles. The average Bonchev–Trinajstić information content (AvgIpc) is 3.22. The second-order valence-corrected chi connectivity index (χ2v) is 7.52. The van der Waals surface area contributed by atoms with Crippen molar-refractivity contribution in [1.29, 1.82) is 0 Å². The monoisotopic (exact) mass is 384 g/mol. The number of aryl methyl sites for hydroxylation is 1. The maximum absolute atomic E-state index is 6.41. The Morgan fingerprint density at radius 3 is 2.59 bits per heavy atom. The predicted octanol–water partition coefficient (Wildman–Crippen LogP) is 5.94. The van der Waals surface area contributed by atoms with E-state index in [9.17, 15) is 0 Å². The highest BCUT2D eigenvalue weighted by atomic mass is 16.6. The quantitative estimate of drug-likeness (QED) is 0.429. The van der Waals surface area contributed by atoms with Crippen molar-refractivity contribution in [2.24, 2.45) is 0 Å². The van der Waals surface area contributed by atoms with E-state index in [1.807, 2.05) is 30.3 Å². The minimum Gasteiger partial charge on any atom is -0.486 e. The summed E-state index contributed by atoms with van der Waals surface area (Å²) < 4.78 is 23.8. The lowest BCUT2D eigenvalue weighted by Gasteiger charge is -2.28. The molecule has 1 unspecified atom stereocenters. The van der Waals surface area contributed by atoms with Crippen LogP contribution in [-0.2, 0) is 6.42 Å². The van der Waals surface area contributed by atoms with Gasteiger partial charge in [0.05, 0.1) is 0 Å². The molecule has 0 radical (unpaired) electrons. The van der Waals surface area contributed by atoms with E-state index < -0.39 is 0 Å². The van der Waals surface area contributed by atoms with Gasteiger partial charge in [-0.1, -0.05) is 36.4 Å². The minimum absolute atomic E-state index is 0.00393. The molecule has 2 aliphatic heterocycles. The number of hydrogen-bond donors (Lipinski definition) is 0. The summed E-state index contributed by atoms with van der Waals surface area (Å²) in [4.78, 5) is 0. The van der Waals surface area contributed by atoms with Gasteiger partial charge in [-0.15, -0.1) is 0 Å². The molecule has 0 spiro atoms. The Bertz CT molecular complexity index is 1170. The summed E-state index contributed by atoms with van der Waals surface area (Å²) in [6.45, 7) is 1.19. The van der Waals surface area contributed by atoms with Crippen LogP contribution in [0.2, 0.25) is 0 Å². The number of fused-ring (bicyclic) bond motifs is 3. The summed E-state index contributed by atoms with van der Waals surface area (Å²) in [6, 6.07) is 22.6. The van der Waals surface area contributed by atoms with Gasteiger partial charge in [0.25, 0.3) is 0 Å². The van der Waals surface area contributed by atoms with Crippen LogP contribution < -0.4 is 14.2 Å². The molecule has 3 heterocycles. The van der Waals surface area contributed by atoms with E-state index in [1.54, 1.807) is 0 Å². The van der Waals surface area contributed by atoms with Crippen molar-refractivity contribution in [3.63, 3.8) is 0 Å². The fourth-order valence-electron chi connectivity index (χ4n) is 4.14. The van der Waals surface area contributed by atoms with Crippen LogP contribution in [-0.4, -0.2) is 13.2 Å². The SMILES string of the molecule is c1ccc2oc(-c3ccc4c(c3)OC(c3ccc5c(c3)OCCO5)CC4)cc2c1. The van der Waals surface area contributed by atoms with Crippen LogP contribution in [0.5, 0.6) is 17.2 Å². The van der Waals surface area contributed by atoms with Crippen molar-refractivity contribution >= 4 is 11.0 Å². The smallest absolute Gasteiger partial charge is 0.161 e. The Hall–Kier alpha value is -3.40. The van der Waals surface area contributed by atoms with Gasteiger partial charge in [-0.25, -0.2) is 0 Å². The fourth-order valence-corrected chi connectivity index (χ4v) is 4.14. The highest BCUT2D eigenvalue weighted by molar-refractivity contribution is 5.83. The van der Waals surface area contributed by atoms with Gasteiger partial charge in [0.1, 0.15) is 36.4 Å². The molecule has 0 bridgehead atoms. The first kappa shape index (κ1) is 16.5. The van der Waals surface area contributed by atoms with Gasteiger partial charge in [0.2, 0.25) is 0 Å². The zero-order valence-corrected chi connectivity index (χ0v) is 15.9. The van der Waals surface area contributed by atoms with E-state index in [0.29, 0.717) is 13.2 Å². The molecular formula is C25H20O4. The number of rotatable bonds is 2. The molecule has 29 heavy (non-hydrogen) atoms. The van der Waals surface area contributed by atoms with Crippen LogP contribution in [0, 0.1) is 0 Å². The molecule has 1 aromatic heterocycles. The molecule has 6 rings (SSSR count). The second kappa shape index (κ2) is 6.59. The molecule has 4 nitrogen and oxygen atoms in total. The summed E-state index contributed by atoms with van der Waals surface area (Å²) in [6.07, 6.45) is 1.93. The largest absolute Gasteiger partial charge is 0.486 e. The number of hydrogen-bond acceptors (Lipinski definition) is 4. The van der Waals surface area contributed by atoms with E-state index in [1.165, 1.54) is 5.56 Å². The third-order valence-corrected chi connectivity index (χ3v) is 5.66. The zero-order chi connectivity index (χ0) is 19.2. The summed E-state index contributed by atoms with van der Waals surface area (Å²) in [7, 11) is 0. The number of furan rings is 1. The predicted molar refractivity (Wildman–Crippen MR) is 111 cm³/mol. The molecule has 0 saturated heterocycles. The third kappa shape index (κ3) is 2.92. The standard InChI is InChI=1S/C25H20O4/c1-2-4-20-17(3-1)13-24(28-20)19-6-5-16-7-9-21(29-23(16)14-19)18-8-10-22-25(15-18)27-12-11-26-22/h1-6,8,10,13-15,21H,7,9,11-12H2. The van der Waals surface area contributed by atoms with Gasteiger partial charge in [-0.05, 0) is 54.3 Å². The lowest BCUT2D eigenvalue weighted by Crippen LogP contribution is -2.18. The number of para-hydroxylation sites is 1. The van der Waals surface area contributed by atoms with E-state index in [4.69, 9.17) is 18.6 Å². The molecule has 4 heteroatoms. The summed E-state index contributed by atoms with van der Waals surface area (Å²) in [5.74, 6) is 3.40. The van der Waals surface area contributed by atoms with Crippen LogP contribution in [0.15, 0.2) is 71.1 Å². The maximum atomic E-state index is 6.41. The average molecular weight is 384 g/mol. The molecule has 1 atom stereocenters. The zero-order valence-electron chi connectivity index (χ0n) is 15.9. The first-order chi connectivity index (χ1) is 14.3. The summed E-state index contributed by atoms with van der Waals surface area (Å²) >= 11 is 0. The Morgan fingerprint density at radius 2 is 1.66 bits per heavy atom.